The van der Waals surface area contributed by atoms with Crippen LogP contribution in [-0.4, -0.2) is 73.0 Å². The quantitative estimate of drug-likeness (QED) is 0.912. The smallest absolute Gasteiger partial charge is 0.0822 e. The average molecular weight is 337 g/mol. The third kappa shape index (κ3) is 4.78. The highest BCUT2D eigenvalue weighted by Gasteiger charge is 2.32. The second-order valence-electron chi connectivity index (χ2n) is 6.31. The maximum absolute atomic E-state index is 10.5. The van der Waals surface area contributed by atoms with Gasteiger partial charge < -0.3 is 9.84 Å². The molecular formula is C18H25ClN2O2. The van der Waals surface area contributed by atoms with Crippen molar-refractivity contribution in [2.75, 3.05) is 45.9 Å². The molecule has 0 unspecified atom stereocenters. The van der Waals surface area contributed by atoms with Crippen molar-refractivity contribution in [1.29, 1.82) is 0 Å². The second kappa shape index (κ2) is 8.27. The number of aliphatic hydroxyl groups is 1. The van der Waals surface area contributed by atoms with Gasteiger partial charge in [-0.25, -0.2) is 0 Å². The molecule has 2 aliphatic heterocycles. The molecular weight excluding hydrogens is 312 g/mol. The highest BCUT2D eigenvalue weighted by atomic mass is 35.5. The van der Waals surface area contributed by atoms with E-state index in [4.69, 9.17) is 16.3 Å². The van der Waals surface area contributed by atoms with Crippen LogP contribution in [0.3, 0.4) is 0 Å². The van der Waals surface area contributed by atoms with Crippen LogP contribution in [0.2, 0.25) is 0 Å². The topological polar surface area (TPSA) is 35.9 Å². The maximum atomic E-state index is 10.5. The van der Waals surface area contributed by atoms with Crippen molar-refractivity contribution in [3.05, 3.63) is 40.9 Å². The number of likely N-dealkylation sites (tertiary alicyclic amines) is 1. The number of halogens is 1. The molecule has 2 heterocycles. The normalized spacial score (nSPS) is 28.0. The number of hydrogen-bond donors (Lipinski definition) is 1. The first-order valence-electron chi connectivity index (χ1n) is 8.36. The minimum absolute atomic E-state index is 0.257. The van der Waals surface area contributed by atoms with Gasteiger partial charge in [-0.3, -0.25) is 9.80 Å². The van der Waals surface area contributed by atoms with Crippen LogP contribution in [0.25, 0.3) is 6.08 Å². The van der Waals surface area contributed by atoms with Crippen molar-refractivity contribution in [2.24, 2.45) is 0 Å². The molecule has 0 saturated carbocycles. The number of β-amino-alcohol motifs (C(OH)–C–C–N with tert-alkyl or cyclic N) is 1. The lowest BCUT2D eigenvalue weighted by Gasteiger charge is -2.43. The number of aliphatic hydroxyl groups excluding tert-OH is 1. The lowest BCUT2D eigenvalue weighted by Crippen LogP contribution is -2.56. The summed E-state index contributed by atoms with van der Waals surface area (Å²) < 4.78 is 5.40. The van der Waals surface area contributed by atoms with Crippen LogP contribution in [0, 0.1) is 0 Å². The maximum Gasteiger partial charge on any atom is 0.0822 e. The van der Waals surface area contributed by atoms with E-state index in [1.54, 1.807) is 0 Å². The van der Waals surface area contributed by atoms with E-state index < -0.39 is 0 Å². The highest BCUT2D eigenvalue weighted by Crippen LogP contribution is 2.20. The Hall–Kier alpha value is -0.910. The van der Waals surface area contributed by atoms with Gasteiger partial charge in [0.15, 0.2) is 0 Å². The lowest BCUT2D eigenvalue weighted by atomic mass is 9.99. The minimum Gasteiger partial charge on any atom is -0.390 e. The molecule has 23 heavy (non-hydrogen) atoms. The first-order chi connectivity index (χ1) is 11.2. The Morgan fingerprint density at radius 1 is 1.22 bits per heavy atom. The van der Waals surface area contributed by atoms with Crippen molar-refractivity contribution in [1.82, 2.24) is 9.80 Å². The van der Waals surface area contributed by atoms with E-state index in [1.165, 1.54) is 0 Å². The summed E-state index contributed by atoms with van der Waals surface area (Å²) in [6.07, 6.45) is 2.67. The first-order valence-corrected chi connectivity index (χ1v) is 8.73. The van der Waals surface area contributed by atoms with E-state index in [-0.39, 0.29) is 12.1 Å². The standard InChI is InChI=1S/C18H25ClN2O2/c19-16(12-15-4-2-1-3-5-15)13-20-7-6-17(18(22)14-20)21-8-10-23-11-9-21/h1-5,12,17-18,22H,6-11,13-14H2/t17-,18-/m1/s1. The molecule has 0 aromatic heterocycles. The van der Waals surface area contributed by atoms with E-state index in [0.717, 1.165) is 49.9 Å². The van der Waals surface area contributed by atoms with E-state index in [2.05, 4.69) is 9.80 Å². The summed E-state index contributed by atoms with van der Waals surface area (Å²) >= 11 is 6.39. The molecule has 2 saturated heterocycles. The summed E-state index contributed by atoms with van der Waals surface area (Å²) in [6.45, 7) is 5.76. The Morgan fingerprint density at radius 3 is 2.65 bits per heavy atom. The van der Waals surface area contributed by atoms with Crippen LogP contribution in [0.1, 0.15) is 12.0 Å². The van der Waals surface area contributed by atoms with Gasteiger partial charge in [-0.05, 0) is 18.1 Å². The van der Waals surface area contributed by atoms with E-state index in [0.29, 0.717) is 13.1 Å². The van der Waals surface area contributed by atoms with E-state index in [1.807, 2.05) is 36.4 Å². The Morgan fingerprint density at radius 2 is 1.96 bits per heavy atom. The molecule has 5 heteroatoms. The Balaban J connectivity index is 1.52. The van der Waals surface area contributed by atoms with Crippen molar-refractivity contribution < 1.29 is 9.84 Å². The molecule has 2 atom stereocenters. The monoisotopic (exact) mass is 336 g/mol. The van der Waals surface area contributed by atoms with Crippen molar-refractivity contribution >= 4 is 17.7 Å². The summed E-state index contributed by atoms with van der Waals surface area (Å²) in [4.78, 5) is 4.61. The molecule has 0 bridgehead atoms. The van der Waals surface area contributed by atoms with Crippen molar-refractivity contribution in [2.45, 2.75) is 18.6 Å². The molecule has 126 valence electrons. The summed E-state index contributed by atoms with van der Waals surface area (Å²) in [6, 6.07) is 10.4. The molecule has 4 nitrogen and oxygen atoms in total. The second-order valence-corrected chi connectivity index (χ2v) is 6.79. The van der Waals surface area contributed by atoms with Gasteiger partial charge >= 0.3 is 0 Å². The zero-order chi connectivity index (χ0) is 16.1. The third-order valence-electron chi connectivity index (χ3n) is 4.64. The van der Waals surface area contributed by atoms with Crippen molar-refractivity contribution in [3.63, 3.8) is 0 Å². The fourth-order valence-corrected chi connectivity index (χ4v) is 3.75. The van der Waals surface area contributed by atoms with Crippen LogP contribution < -0.4 is 0 Å². The highest BCUT2D eigenvalue weighted by molar-refractivity contribution is 6.31. The Kier molecular flexibility index (Phi) is 6.08. The van der Waals surface area contributed by atoms with E-state index >= 15 is 0 Å². The molecule has 2 fully saturated rings. The van der Waals surface area contributed by atoms with Gasteiger partial charge in [0, 0.05) is 43.8 Å². The SMILES string of the molecule is O[C@@H]1CN(CC(Cl)=Cc2ccccc2)CC[C@H]1N1CCOCC1. The van der Waals surface area contributed by atoms with Gasteiger partial charge in [0.25, 0.3) is 0 Å². The van der Waals surface area contributed by atoms with Gasteiger partial charge in [0.05, 0.1) is 19.3 Å². The number of rotatable bonds is 4. The van der Waals surface area contributed by atoms with E-state index in [9.17, 15) is 5.11 Å². The number of piperidine rings is 1. The minimum atomic E-state index is -0.317. The molecule has 1 aromatic rings. The van der Waals surface area contributed by atoms with Gasteiger partial charge in [-0.15, -0.1) is 0 Å². The zero-order valence-corrected chi connectivity index (χ0v) is 14.2. The van der Waals surface area contributed by atoms with Crippen LogP contribution in [0.4, 0.5) is 0 Å². The predicted molar refractivity (Wildman–Crippen MR) is 93.5 cm³/mol. The third-order valence-corrected chi connectivity index (χ3v) is 4.87. The number of hydrogen-bond acceptors (Lipinski definition) is 4. The zero-order valence-electron chi connectivity index (χ0n) is 13.4. The largest absolute Gasteiger partial charge is 0.390 e. The fourth-order valence-electron chi connectivity index (χ4n) is 3.45. The molecule has 0 radical (unpaired) electrons. The predicted octanol–water partition coefficient (Wildman–Crippen LogP) is 2.03. The summed E-state index contributed by atoms with van der Waals surface area (Å²) in [5.74, 6) is 0. The number of benzene rings is 1. The van der Waals surface area contributed by atoms with Crippen molar-refractivity contribution in [3.8, 4) is 0 Å². The molecule has 1 N–H and O–H groups in total. The van der Waals surface area contributed by atoms with Crippen LogP contribution >= 0.6 is 11.6 Å². The summed E-state index contributed by atoms with van der Waals surface area (Å²) in [7, 11) is 0. The molecule has 0 spiro atoms. The number of nitrogens with zero attached hydrogens (tertiary/aromatic N) is 2. The number of morpholine rings is 1. The van der Waals surface area contributed by atoms with Crippen LogP contribution in [0.15, 0.2) is 35.4 Å². The molecule has 0 amide bonds. The fraction of sp³-hybridized carbons (Fsp3) is 0.556. The number of ether oxygens (including phenoxy) is 1. The van der Waals surface area contributed by atoms with Crippen LogP contribution in [-0.2, 0) is 4.74 Å². The molecule has 3 rings (SSSR count). The summed E-state index contributed by atoms with van der Waals surface area (Å²) in [5.41, 5.74) is 1.11. The average Bonchev–Trinajstić information content (AvgIpc) is 2.56. The first kappa shape index (κ1) is 16.9. The lowest BCUT2D eigenvalue weighted by molar-refractivity contribution is -0.0505. The van der Waals surface area contributed by atoms with Gasteiger partial charge in [0.1, 0.15) is 0 Å². The Bertz CT molecular complexity index is 517. The van der Waals surface area contributed by atoms with Gasteiger partial charge in [-0.2, -0.15) is 0 Å². The van der Waals surface area contributed by atoms with Crippen LogP contribution in [0.5, 0.6) is 0 Å². The van der Waals surface area contributed by atoms with Gasteiger partial charge in [-0.1, -0.05) is 41.9 Å². The van der Waals surface area contributed by atoms with Gasteiger partial charge in [0.2, 0.25) is 0 Å². The summed E-state index contributed by atoms with van der Waals surface area (Å²) in [5, 5.41) is 11.3. The Labute approximate surface area is 143 Å². The molecule has 1 aromatic carbocycles. The molecule has 0 aliphatic carbocycles. The molecule has 2 aliphatic rings.